The van der Waals surface area contributed by atoms with Crippen molar-refractivity contribution in [2.24, 2.45) is 45.8 Å². The molecule has 30 heavy (non-hydrogen) atoms. The summed E-state index contributed by atoms with van der Waals surface area (Å²) >= 11 is 0. The highest BCUT2D eigenvalue weighted by molar-refractivity contribution is 5.90. The van der Waals surface area contributed by atoms with Crippen LogP contribution in [-0.4, -0.2) is 36.6 Å². The monoisotopic (exact) mass is 417 g/mol. The van der Waals surface area contributed by atoms with Crippen LogP contribution < -0.4 is 5.32 Å². The molecule has 1 amide bonds. The lowest BCUT2D eigenvalue weighted by molar-refractivity contribution is -0.184. The van der Waals surface area contributed by atoms with E-state index in [2.05, 4.69) is 18.3 Å². The fourth-order valence-corrected chi connectivity index (χ4v) is 8.11. The first-order chi connectivity index (χ1) is 14.2. The van der Waals surface area contributed by atoms with Crippen molar-refractivity contribution >= 4 is 18.3 Å². The SMILES string of the molecule is CCCNC(=O)OC[C@]12C[C@H]3[C@@H](C)CC[C@@H]3[C@]3(C=O)C[C@H]1C=C(C(C)C)[C@]23C(=O)O. The number of carboxylic acids is 1. The van der Waals surface area contributed by atoms with Crippen LogP contribution in [0.3, 0.4) is 0 Å². The van der Waals surface area contributed by atoms with Gasteiger partial charge in [0.1, 0.15) is 18.3 Å². The van der Waals surface area contributed by atoms with Crippen molar-refractivity contribution in [2.75, 3.05) is 13.2 Å². The predicted octanol–water partition coefficient (Wildman–Crippen LogP) is 4.05. The van der Waals surface area contributed by atoms with Crippen molar-refractivity contribution in [2.45, 2.75) is 59.8 Å². The van der Waals surface area contributed by atoms with E-state index < -0.39 is 28.3 Å². The standard InChI is InChI=1S/C24H35NO5/c1-5-8-25-21(29)30-13-23-11-17-15(4)6-7-18(17)22(12-26)10-16(23)9-19(14(2)3)24(22,23)20(27)28/h9,12,14-18H,5-8,10-11,13H2,1-4H3,(H,25,29)(H,27,28)/t15-,16+,17-,18-,22+,23+,24+/m0/s1. The molecule has 4 aliphatic rings. The van der Waals surface area contributed by atoms with Crippen molar-refractivity contribution in [3.63, 3.8) is 0 Å². The van der Waals surface area contributed by atoms with Gasteiger partial charge in [-0.3, -0.25) is 4.79 Å². The molecule has 3 fully saturated rings. The quantitative estimate of drug-likeness (QED) is 0.482. The van der Waals surface area contributed by atoms with E-state index in [4.69, 9.17) is 4.74 Å². The zero-order valence-corrected chi connectivity index (χ0v) is 18.6. The fraction of sp³-hybridized carbons (Fsp3) is 0.792. The summed E-state index contributed by atoms with van der Waals surface area (Å²) in [5.74, 6) is -0.0910. The van der Waals surface area contributed by atoms with E-state index in [9.17, 15) is 19.5 Å². The molecule has 0 aliphatic heterocycles. The number of carboxylic acid groups (broad SMARTS) is 1. The van der Waals surface area contributed by atoms with Crippen LogP contribution in [0.5, 0.6) is 0 Å². The highest BCUT2D eigenvalue weighted by Gasteiger charge is 2.84. The summed E-state index contributed by atoms with van der Waals surface area (Å²) in [5.41, 5.74) is -2.07. The normalized spacial score (nSPS) is 43.3. The summed E-state index contributed by atoms with van der Waals surface area (Å²) in [7, 11) is 0. The molecular weight excluding hydrogens is 382 g/mol. The largest absolute Gasteiger partial charge is 0.481 e. The van der Waals surface area contributed by atoms with Crippen molar-refractivity contribution in [3.05, 3.63) is 11.6 Å². The molecule has 0 saturated heterocycles. The number of nitrogens with one attached hydrogen (secondary N) is 1. The molecule has 0 heterocycles. The Labute approximate surface area is 178 Å². The summed E-state index contributed by atoms with van der Waals surface area (Å²) in [5, 5.41) is 13.5. The number of aldehydes is 1. The van der Waals surface area contributed by atoms with Crippen molar-refractivity contribution < 1.29 is 24.2 Å². The maximum absolute atomic E-state index is 13.2. The number of carbonyl (C=O) groups is 3. The second-order valence-corrected chi connectivity index (χ2v) is 10.5. The van der Waals surface area contributed by atoms with Gasteiger partial charge in [0.15, 0.2) is 0 Å². The molecule has 166 valence electrons. The highest BCUT2D eigenvalue weighted by atomic mass is 16.5. The van der Waals surface area contributed by atoms with Gasteiger partial charge in [-0.05, 0) is 55.3 Å². The Morgan fingerprint density at radius 2 is 2.07 bits per heavy atom. The Hall–Kier alpha value is -1.85. The summed E-state index contributed by atoms with van der Waals surface area (Å²) in [6, 6.07) is 0. The Balaban J connectivity index is 1.84. The topological polar surface area (TPSA) is 92.7 Å². The van der Waals surface area contributed by atoms with E-state index in [1.54, 1.807) is 0 Å². The number of alkyl carbamates (subject to hydrolysis) is 1. The maximum Gasteiger partial charge on any atom is 0.407 e. The van der Waals surface area contributed by atoms with Crippen molar-refractivity contribution in [1.82, 2.24) is 5.32 Å². The zero-order valence-electron chi connectivity index (χ0n) is 18.6. The predicted molar refractivity (Wildman–Crippen MR) is 112 cm³/mol. The molecular formula is C24H35NO5. The van der Waals surface area contributed by atoms with Crippen LogP contribution >= 0.6 is 0 Å². The van der Waals surface area contributed by atoms with E-state index >= 15 is 0 Å². The van der Waals surface area contributed by atoms with Crippen LogP contribution in [0.4, 0.5) is 4.79 Å². The van der Waals surface area contributed by atoms with Crippen LogP contribution in [0.15, 0.2) is 11.6 Å². The Morgan fingerprint density at radius 3 is 2.67 bits per heavy atom. The summed E-state index contributed by atoms with van der Waals surface area (Å²) < 4.78 is 5.70. The molecule has 4 rings (SSSR count). The number of aliphatic carboxylic acids is 1. The number of rotatable bonds is 7. The van der Waals surface area contributed by atoms with Crippen molar-refractivity contribution in [3.8, 4) is 0 Å². The molecule has 7 atom stereocenters. The number of hydrogen-bond donors (Lipinski definition) is 2. The third kappa shape index (κ3) is 2.34. The lowest BCUT2D eigenvalue weighted by Crippen LogP contribution is -2.63. The molecule has 0 aromatic rings. The summed E-state index contributed by atoms with van der Waals surface area (Å²) in [4.78, 5) is 38.4. The Kier molecular flexibility index (Phi) is 5.06. The molecule has 6 nitrogen and oxygen atoms in total. The summed E-state index contributed by atoms with van der Waals surface area (Å²) in [6.45, 7) is 8.80. The average Bonchev–Trinajstić information content (AvgIpc) is 3.28. The van der Waals surface area contributed by atoms with Crippen LogP contribution in [0.25, 0.3) is 0 Å². The number of hydrogen-bond acceptors (Lipinski definition) is 4. The first-order valence-electron chi connectivity index (χ1n) is 11.5. The average molecular weight is 418 g/mol. The van der Waals surface area contributed by atoms with Crippen LogP contribution in [0, 0.1) is 45.8 Å². The third-order valence-electron chi connectivity index (χ3n) is 9.10. The fourth-order valence-electron chi connectivity index (χ4n) is 8.11. The molecule has 2 N–H and O–H groups in total. The Bertz CT molecular complexity index is 790. The molecule has 0 aromatic carbocycles. The molecule has 6 heteroatoms. The number of ether oxygens (including phenoxy) is 1. The minimum absolute atomic E-state index is 0.0226. The molecule has 3 saturated carbocycles. The van der Waals surface area contributed by atoms with E-state index in [-0.39, 0.29) is 24.4 Å². The van der Waals surface area contributed by atoms with Crippen LogP contribution in [0.2, 0.25) is 0 Å². The van der Waals surface area contributed by atoms with Gasteiger partial charge < -0.3 is 20.0 Å². The second-order valence-electron chi connectivity index (χ2n) is 10.5. The third-order valence-corrected chi connectivity index (χ3v) is 9.10. The van der Waals surface area contributed by atoms with Crippen LogP contribution in [-0.2, 0) is 14.3 Å². The van der Waals surface area contributed by atoms with Gasteiger partial charge in [0, 0.05) is 12.0 Å². The first kappa shape index (κ1) is 21.4. The lowest BCUT2D eigenvalue weighted by atomic mass is 9.43. The van der Waals surface area contributed by atoms with E-state index in [1.807, 2.05) is 20.8 Å². The zero-order chi connectivity index (χ0) is 21.9. The number of amides is 1. The molecule has 0 aromatic heterocycles. The van der Waals surface area contributed by atoms with Gasteiger partial charge in [0.05, 0.1) is 5.41 Å². The minimum Gasteiger partial charge on any atom is -0.481 e. The molecule has 4 bridgehead atoms. The molecule has 0 spiro atoms. The van der Waals surface area contributed by atoms with Gasteiger partial charge in [-0.15, -0.1) is 0 Å². The summed E-state index contributed by atoms with van der Waals surface area (Å²) in [6.07, 6.45) is 6.63. The van der Waals surface area contributed by atoms with E-state index in [0.717, 1.165) is 31.1 Å². The van der Waals surface area contributed by atoms with Gasteiger partial charge in [-0.2, -0.15) is 0 Å². The van der Waals surface area contributed by atoms with Gasteiger partial charge in [0.2, 0.25) is 0 Å². The molecule has 0 radical (unpaired) electrons. The van der Waals surface area contributed by atoms with E-state index in [0.29, 0.717) is 31.2 Å². The smallest absolute Gasteiger partial charge is 0.407 e. The van der Waals surface area contributed by atoms with Gasteiger partial charge in [0.25, 0.3) is 0 Å². The van der Waals surface area contributed by atoms with E-state index in [1.165, 1.54) is 0 Å². The second kappa shape index (κ2) is 7.10. The minimum atomic E-state index is -1.28. The Morgan fingerprint density at radius 1 is 1.33 bits per heavy atom. The number of carbonyl (C=O) groups excluding carboxylic acids is 2. The molecule has 0 unspecified atom stereocenters. The van der Waals surface area contributed by atoms with Gasteiger partial charge in [-0.25, -0.2) is 4.79 Å². The number of allylic oxidation sites excluding steroid dienone is 1. The first-order valence-corrected chi connectivity index (χ1v) is 11.5. The highest BCUT2D eigenvalue weighted by Crippen LogP contribution is 2.82. The number of fused-ring (bicyclic) bond motifs is 2. The lowest BCUT2D eigenvalue weighted by Gasteiger charge is -2.58. The van der Waals surface area contributed by atoms with Crippen LogP contribution in [0.1, 0.15) is 59.8 Å². The van der Waals surface area contributed by atoms with Gasteiger partial charge in [-0.1, -0.05) is 45.8 Å². The van der Waals surface area contributed by atoms with Crippen molar-refractivity contribution in [1.29, 1.82) is 0 Å². The van der Waals surface area contributed by atoms with Gasteiger partial charge >= 0.3 is 12.1 Å². The maximum atomic E-state index is 13.2. The molecule has 4 aliphatic carbocycles.